The molecular formula is C8H9F4NO. The van der Waals surface area contributed by atoms with Crippen molar-refractivity contribution in [2.24, 2.45) is 0 Å². The van der Waals surface area contributed by atoms with Gasteiger partial charge in [0.1, 0.15) is 0 Å². The van der Waals surface area contributed by atoms with E-state index >= 15 is 0 Å². The van der Waals surface area contributed by atoms with Gasteiger partial charge >= 0.3 is 12.3 Å². The molecule has 1 rings (SSSR count). The number of allylic oxidation sites excluding steroid dienone is 2. The maximum Gasteiger partial charge on any atom is 0.324 e. The summed E-state index contributed by atoms with van der Waals surface area (Å²) >= 11 is 0. The van der Waals surface area contributed by atoms with Gasteiger partial charge < -0.3 is 5.32 Å². The highest BCUT2D eigenvalue weighted by Crippen LogP contribution is 2.22. The quantitative estimate of drug-likeness (QED) is 0.717. The molecule has 0 saturated heterocycles. The molecule has 0 unspecified atom stereocenters. The first kappa shape index (κ1) is 11.0. The summed E-state index contributed by atoms with van der Waals surface area (Å²) in [6, 6.07) is 0. The molecule has 6 heteroatoms. The minimum atomic E-state index is -4.05. The van der Waals surface area contributed by atoms with Crippen molar-refractivity contribution >= 4 is 5.78 Å². The van der Waals surface area contributed by atoms with E-state index in [9.17, 15) is 22.4 Å². The van der Waals surface area contributed by atoms with Crippen LogP contribution in [0.5, 0.6) is 0 Å². The third-order valence-corrected chi connectivity index (χ3v) is 1.85. The molecular weight excluding hydrogens is 202 g/mol. The average molecular weight is 211 g/mol. The van der Waals surface area contributed by atoms with Crippen molar-refractivity contribution in [1.29, 1.82) is 0 Å². The fraction of sp³-hybridized carbons (Fsp3) is 0.625. The van der Waals surface area contributed by atoms with E-state index < -0.39 is 18.9 Å². The van der Waals surface area contributed by atoms with Crippen LogP contribution < -0.4 is 5.32 Å². The van der Waals surface area contributed by atoms with Gasteiger partial charge in [-0.05, 0) is 6.42 Å². The van der Waals surface area contributed by atoms with Gasteiger partial charge in [-0.25, -0.2) is 8.78 Å². The van der Waals surface area contributed by atoms with Crippen molar-refractivity contribution in [3.8, 4) is 0 Å². The first-order valence-corrected chi connectivity index (χ1v) is 4.05. The molecule has 1 aliphatic rings. The minimum absolute atomic E-state index is 0.173. The van der Waals surface area contributed by atoms with E-state index in [0.29, 0.717) is 12.1 Å². The summed E-state index contributed by atoms with van der Waals surface area (Å²) in [4.78, 5) is 10.7. The summed E-state index contributed by atoms with van der Waals surface area (Å²) in [5.74, 6) is -4.22. The normalized spacial score (nSPS) is 17.5. The van der Waals surface area contributed by atoms with Gasteiger partial charge in [0.2, 0.25) is 0 Å². The number of hydrogen-bond acceptors (Lipinski definition) is 2. The lowest BCUT2D eigenvalue weighted by molar-refractivity contribution is -0.124. The molecule has 0 aromatic heterocycles. The third kappa shape index (κ3) is 2.71. The lowest BCUT2D eigenvalue weighted by Gasteiger charge is -2.16. The van der Waals surface area contributed by atoms with Crippen molar-refractivity contribution in [2.45, 2.75) is 25.2 Å². The zero-order valence-electron chi connectivity index (χ0n) is 7.20. The van der Waals surface area contributed by atoms with Crippen LogP contribution >= 0.6 is 0 Å². The maximum absolute atomic E-state index is 12.4. The number of halogens is 4. The number of carbonyl (C=O) groups is 1. The molecule has 1 aliphatic carbocycles. The van der Waals surface area contributed by atoms with Gasteiger partial charge in [-0.3, -0.25) is 4.79 Å². The molecule has 0 spiro atoms. The number of ketones is 1. The molecule has 0 radical (unpaired) electrons. The predicted molar refractivity (Wildman–Crippen MR) is 41.3 cm³/mol. The zero-order chi connectivity index (χ0) is 10.8. The van der Waals surface area contributed by atoms with Crippen molar-refractivity contribution in [1.82, 2.24) is 5.32 Å². The molecule has 80 valence electrons. The molecule has 0 aliphatic heterocycles. The Bertz CT molecular complexity index is 262. The Labute approximate surface area is 78.0 Å². The molecule has 0 fully saturated rings. The molecule has 0 heterocycles. The highest BCUT2D eigenvalue weighted by Gasteiger charge is 2.40. The smallest absolute Gasteiger partial charge is 0.324 e. The van der Waals surface area contributed by atoms with Crippen LogP contribution in [-0.2, 0) is 4.79 Å². The van der Waals surface area contributed by atoms with Crippen molar-refractivity contribution < 1.29 is 22.4 Å². The Morgan fingerprint density at radius 3 is 2.50 bits per heavy atom. The van der Waals surface area contributed by atoms with E-state index in [1.54, 1.807) is 0 Å². The van der Waals surface area contributed by atoms with Crippen molar-refractivity contribution in [3.63, 3.8) is 0 Å². The summed E-state index contributed by atoms with van der Waals surface area (Å²) < 4.78 is 48.1. The topological polar surface area (TPSA) is 29.1 Å². The molecule has 2 nitrogen and oxygen atoms in total. The fourth-order valence-electron chi connectivity index (χ4n) is 1.04. The second-order valence-electron chi connectivity index (χ2n) is 3.05. The summed E-state index contributed by atoms with van der Waals surface area (Å²) in [7, 11) is 0. The Hall–Kier alpha value is -1.07. The summed E-state index contributed by atoms with van der Waals surface area (Å²) in [6.07, 6.45) is -1.95. The highest BCUT2D eigenvalue weighted by atomic mass is 19.3. The van der Waals surface area contributed by atoms with Crippen LogP contribution in [0.3, 0.4) is 0 Å². The van der Waals surface area contributed by atoms with Gasteiger partial charge in [0.15, 0.2) is 5.78 Å². The SMILES string of the molecule is O=C1C=C(NCC(F)(F)C(F)F)CC1. The number of carbonyl (C=O) groups excluding carboxylic acids is 1. The van der Waals surface area contributed by atoms with Gasteiger partial charge in [-0.15, -0.1) is 0 Å². The number of hydrogen-bond donors (Lipinski definition) is 1. The van der Waals surface area contributed by atoms with E-state index in [1.165, 1.54) is 6.08 Å². The maximum atomic E-state index is 12.4. The van der Waals surface area contributed by atoms with Crippen molar-refractivity contribution in [3.05, 3.63) is 11.8 Å². The van der Waals surface area contributed by atoms with Crippen LogP contribution in [0.1, 0.15) is 12.8 Å². The van der Waals surface area contributed by atoms with Gasteiger partial charge in [0.25, 0.3) is 0 Å². The minimum Gasteiger partial charge on any atom is -0.382 e. The van der Waals surface area contributed by atoms with Crippen molar-refractivity contribution in [2.75, 3.05) is 6.54 Å². The first-order chi connectivity index (χ1) is 6.42. The monoisotopic (exact) mass is 211 g/mol. The predicted octanol–water partition coefficient (Wildman–Crippen LogP) is 1.72. The summed E-state index contributed by atoms with van der Waals surface area (Å²) in [5.41, 5.74) is 0.301. The van der Waals surface area contributed by atoms with E-state index in [2.05, 4.69) is 5.32 Å². The highest BCUT2D eigenvalue weighted by molar-refractivity contribution is 5.92. The molecule has 0 atom stereocenters. The van der Waals surface area contributed by atoms with Crippen LogP contribution in [0.2, 0.25) is 0 Å². The number of nitrogens with one attached hydrogen (secondary N) is 1. The molecule has 0 bridgehead atoms. The molecule has 14 heavy (non-hydrogen) atoms. The van der Waals surface area contributed by atoms with Gasteiger partial charge in [-0.2, -0.15) is 8.78 Å². The Balaban J connectivity index is 2.41. The van der Waals surface area contributed by atoms with E-state index in [4.69, 9.17) is 0 Å². The van der Waals surface area contributed by atoms with Crippen LogP contribution in [-0.4, -0.2) is 24.7 Å². The molecule has 1 N–H and O–H groups in total. The van der Waals surface area contributed by atoms with Gasteiger partial charge in [-0.1, -0.05) is 0 Å². The Morgan fingerprint density at radius 2 is 2.07 bits per heavy atom. The van der Waals surface area contributed by atoms with Gasteiger partial charge in [0.05, 0.1) is 6.54 Å². The third-order valence-electron chi connectivity index (χ3n) is 1.85. The zero-order valence-corrected chi connectivity index (χ0v) is 7.20. The van der Waals surface area contributed by atoms with E-state index in [0.717, 1.165) is 0 Å². The van der Waals surface area contributed by atoms with Crippen LogP contribution in [0.15, 0.2) is 11.8 Å². The van der Waals surface area contributed by atoms with Gasteiger partial charge in [0, 0.05) is 18.2 Å². The second-order valence-corrected chi connectivity index (χ2v) is 3.05. The summed E-state index contributed by atoms with van der Waals surface area (Å²) in [6.45, 7) is -1.14. The lowest BCUT2D eigenvalue weighted by Crippen LogP contribution is -2.38. The number of alkyl halides is 4. The number of rotatable bonds is 4. The van der Waals surface area contributed by atoms with E-state index in [-0.39, 0.29) is 12.2 Å². The average Bonchev–Trinajstić information content (AvgIpc) is 2.48. The Morgan fingerprint density at radius 1 is 1.43 bits per heavy atom. The molecule has 0 aromatic carbocycles. The van der Waals surface area contributed by atoms with Crippen LogP contribution in [0.25, 0.3) is 0 Å². The standard InChI is InChI=1S/C8H9F4NO/c9-7(10)8(11,12)4-13-5-1-2-6(14)3-5/h3,7,13H,1-2,4H2. The second kappa shape index (κ2) is 3.98. The van der Waals surface area contributed by atoms with Crippen LogP contribution in [0.4, 0.5) is 17.6 Å². The Kier molecular flexibility index (Phi) is 3.13. The first-order valence-electron chi connectivity index (χ1n) is 4.05. The molecule has 0 amide bonds. The largest absolute Gasteiger partial charge is 0.382 e. The molecule has 0 saturated carbocycles. The fourth-order valence-corrected chi connectivity index (χ4v) is 1.04. The van der Waals surface area contributed by atoms with Crippen LogP contribution in [0, 0.1) is 0 Å². The molecule has 0 aromatic rings. The summed E-state index contributed by atoms with van der Waals surface area (Å²) in [5, 5.41) is 2.14. The van der Waals surface area contributed by atoms with E-state index in [1.807, 2.05) is 0 Å². The lowest BCUT2D eigenvalue weighted by atomic mass is 10.3.